The average Bonchev–Trinajstić information content (AvgIpc) is 2.32. The maximum atomic E-state index is 13.4. The van der Waals surface area contributed by atoms with Gasteiger partial charge < -0.3 is 4.90 Å². The van der Waals surface area contributed by atoms with Gasteiger partial charge in [-0.1, -0.05) is 6.92 Å². The molecule has 0 aliphatic carbocycles. The summed E-state index contributed by atoms with van der Waals surface area (Å²) < 4.78 is 13.4. The van der Waals surface area contributed by atoms with Gasteiger partial charge in [0.25, 0.3) is 5.91 Å². The number of hydrogen-bond acceptors (Lipinski definition) is 2. The van der Waals surface area contributed by atoms with Crippen LogP contribution in [0.3, 0.4) is 0 Å². The molecule has 92 valence electrons. The van der Waals surface area contributed by atoms with Crippen molar-refractivity contribution in [3.63, 3.8) is 0 Å². The largest absolute Gasteiger partial charge is 0.338 e. The highest BCUT2D eigenvalue weighted by atomic mass is 35.5. The zero-order chi connectivity index (χ0) is 12.4. The molecule has 17 heavy (non-hydrogen) atoms. The van der Waals surface area contributed by atoms with Crippen molar-refractivity contribution >= 4 is 17.5 Å². The third kappa shape index (κ3) is 2.57. The van der Waals surface area contributed by atoms with Crippen molar-refractivity contribution in [1.82, 2.24) is 9.88 Å². The van der Waals surface area contributed by atoms with Crippen molar-refractivity contribution in [3.8, 4) is 0 Å². The number of aromatic nitrogens is 1. The molecule has 1 aromatic rings. The monoisotopic (exact) mass is 256 g/mol. The summed E-state index contributed by atoms with van der Waals surface area (Å²) in [4.78, 5) is 17.4. The number of pyridine rings is 1. The molecule has 2 rings (SSSR count). The molecule has 0 N–H and O–H groups in total. The number of piperidine rings is 1. The SMILES string of the molecule is CC1CN(C(=O)c2ccncc2F)CCC1Cl. The molecule has 1 amide bonds. The molecule has 1 saturated heterocycles. The van der Waals surface area contributed by atoms with Crippen molar-refractivity contribution in [2.24, 2.45) is 5.92 Å². The lowest BCUT2D eigenvalue weighted by atomic mass is 9.99. The molecule has 1 aromatic heterocycles. The highest BCUT2D eigenvalue weighted by Gasteiger charge is 2.28. The number of carbonyl (C=O) groups is 1. The number of amides is 1. The van der Waals surface area contributed by atoms with E-state index in [2.05, 4.69) is 4.98 Å². The van der Waals surface area contributed by atoms with Crippen LogP contribution in [0.4, 0.5) is 4.39 Å². The van der Waals surface area contributed by atoms with Gasteiger partial charge >= 0.3 is 0 Å². The molecule has 2 heterocycles. The van der Waals surface area contributed by atoms with Crippen LogP contribution in [-0.4, -0.2) is 34.3 Å². The van der Waals surface area contributed by atoms with Crippen molar-refractivity contribution in [2.45, 2.75) is 18.7 Å². The Morgan fingerprint density at radius 1 is 1.65 bits per heavy atom. The van der Waals surface area contributed by atoms with E-state index in [4.69, 9.17) is 11.6 Å². The van der Waals surface area contributed by atoms with Crippen LogP contribution in [0.25, 0.3) is 0 Å². The fraction of sp³-hybridized carbons (Fsp3) is 0.500. The van der Waals surface area contributed by atoms with Crippen molar-refractivity contribution < 1.29 is 9.18 Å². The number of nitrogens with zero attached hydrogens (tertiary/aromatic N) is 2. The zero-order valence-corrected chi connectivity index (χ0v) is 10.3. The van der Waals surface area contributed by atoms with Gasteiger partial charge in [-0.3, -0.25) is 9.78 Å². The summed E-state index contributed by atoms with van der Waals surface area (Å²) in [7, 11) is 0. The molecule has 5 heteroatoms. The van der Waals surface area contributed by atoms with E-state index in [1.54, 1.807) is 4.90 Å². The van der Waals surface area contributed by atoms with E-state index in [0.717, 1.165) is 12.6 Å². The highest BCUT2D eigenvalue weighted by molar-refractivity contribution is 6.20. The van der Waals surface area contributed by atoms with Gasteiger partial charge in [-0.2, -0.15) is 0 Å². The Kier molecular flexibility index (Phi) is 3.62. The summed E-state index contributed by atoms with van der Waals surface area (Å²) in [5, 5.41) is 0.0985. The second kappa shape index (κ2) is 5.00. The fourth-order valence-electron chi connectivity index (χ4n) is 2.02. The standard InChI is InChI=1S/C12H14ClFN2O/c1-8-7-16(5-3-10(8)13)12(17)9-2-4-15-6-11(9)14/h2,4,6,8,10H,3,5,7H2,1H3. The third-order valence-electron chi connectivity index (χ3n) is 3.09. The Labute approximate surface area is 105 Å². The Morgan fingerprint density at radius 3 is 3.06 bits per heavy atom. The molecule has 0 radical (unpaired) electrons. The number of hydrogen-bond donors (Lipinski definition) is 0. The number of alkyl halides is 1. The maximum Gasteiger partial charge on any atom is 0.256 e. The molecule has 2 unspecified atom stereocenters. The Bertz CT molecular complexity index is 427. The van der Waals surface area contributed by atoms with Crippen LogP contribution in [0.1, 0.15) is 23.7 Å². The van der Waals surface area contributed by atoms with Crippen LogP contribution in [0.2, 0.25) is 0 Å². The van der Waals surface area contributed by atoms with E-state index in [1.807, 2.05) is 6.92 Å². The van der Waals surface area contributed by atoms with E-state index in [9.17, 15) is 9.18 Å². The molecule has 0 spiro atoms. The topological polar surface area (TPSA) is 33.2 Å². The first-order valence-electron chi connectivity index (χ1n) is 5.62. The summed E-state index contributed by atoms with van der Waals surface area (Å²) >= 11 is 6.09. The molecule has 1 fully saturated rings. The summed E-state index contributed by atoms with van der Waals surface area (Å²) in [5.74, 6) is -0.613. The van der Waals surface area contributed by atoms with Gasteiger partial charge in [0.2, 0.25) is 0 Å². The highest BCUT2D eigenvalue weighted by Crippen LogP contribution is 2.23. The van der Waals surface area contributed by atoms with Gasteiger partial charge in [0, 0.05) is 24.7 Å². The van der Waals surface area contributed by atoms with E-state index in [0.29, 0.717) is 13.1 Å². The van der Waals surface area contributed by atoms with Gasteiger partial charge in [-0.15, -0.1) is 11.6 Å². The second-order valence-corrected chi connectivity index (χ2v) is 4.95. The smallest absolute Gasteiger partial charge is 0.256 e. The lowest BCUT2D eigenvalue weighted by Gasteiger charge is -2.34. The van der Waals surface area contributed by atoms with Crippen LogP contribution in [0.15, 0.2) is 18.5 Å². The quantitative estimate of drug-likeness (QED) is 0.723. The maximum absolute atomic E-state index is 13.4. The van der Waals surface area contributed by atoms with Gasteiger partial charge in [0.1, 0.15) is 0 Å². The summed E-state index contributed by atoms with van der Waals surface area (Å²) in [6.07, 6.45) is 3.24. The van der Waals surface area contributed by atoms with Crippen molar-refractivity contribution in [1.29, 1.82) is 0 Å². The normalized spacial score (nSPS) is 24.8. The van der Waals surface area contributed by atoms with Crippen molar-refractivity contribution in [2.75, 3.05) is 13.1 Å². The Hall–Kier alpha value is -1.16. The fourth-order valence-corrected chi connectivity index (χ4v) is 2.20. The summed E-state index contributed by atoms with van der Waals surface area (Å²) in [6, 6.07) is 1.41. The minimum Gasteiger partial charge on any atom is -0.338 e. The first kappa shape index (κ1) is 12.3. The van der Waals surface area contributed by atoms with Gasteiger partial charge in [0.15, 0.2) is 5.82 Å². The Morgan fingerprint density at radius 2 is 2.41 bits per heavy atom. The molecule has 0 saturated carbocycles. The molecular formula is C12H14ClFN2O. The second-order valence-electron chi connectivity index (χ2n) is 4.39. The predicted molar refractivity (Wildman–Crippen MR) is 63.5 cm³/mol. The van der Waals surface area contributed by atoms with Gasteiger partial charge in [-0.05, 0) is 18.4 Å². The van der Waals surface area contributed by atoms with Crippen LogP contribution in [0.5, 0.6) is 0 Å². The van der Waals surface area contributed by atoms with E-state index in [1.165, 1.54) is 12.3 Å². The number of carbonyl (C=O) groups excluding carboxylic acids is 1. The lowest BCUT2D eigenvalue weighted by molar-refractivity contribution is 0.0682. The zero-order valence-electron chi connectivity index (χ0n) is 9.57. The summed E-state index contributed by atoms with van der Waals surface area (Å²) in [6.45, 7) is 3.16. The van der Waals surface area contributed by atoms with Crippen LogP contribution in [0, 0.1) is 11.7 Å². The summed E-state index contributed by atoms with van der Waals surface area (Å²) in [5.41, 5.74) is 0.0835. The molecule has 0 bridgehead atoms. The van der Waals surface area contributed by atoms with E-state index in [-0.39, 0.29) is 22.8 Å². The molecule has 1 aliphatic heterocycles. The predicted octanol–water partition coefficient (Wildman–Crippen LogP) is 2.31. The molecule has 1 aliphatic rings. The lowest BCUT2D eigenvalue weighted by Crippen LogP contribution is -2.43. The Balaban J connectivity index is 2.14. The van der Waals surface area contributed by atoms with E-state index >= 15 is 0 Å². The first-order valence-corrected chi connectivity index (χ1v) is 6.06. The van der Waals surface area contributed by atoms with Gasteiger partial charge in [-0.25, -0.2) is 4.39 Å². The molecular weight excluding hydrogens is 243 g/mol. The number of likely N-dealkylation sites (tertiary alicyclic amines) is 1. The van der Waals surface area contributed by atoms with Gasteiger partial charge in [0.05, 0.1) is 11.8 Å². The molecule has 2 atom stereocenters. The van der Waals surface area contributed by atoms with Crippen LogP contribution >= 0.6 is 11.6 Å². The first-order chi connectivity index (χ1) is 8.09. The molecule has 0 aromatic carbocycles. The molecule has 3 nitrogen and oxygen atoms in total. The average molecular weight is 257 g/mol. The van der Waals surface area contributed by atoms with E-state index < -0.39 is 5.82 Å². The van der Waals surface area contributed by atoms with Crippen LogP contribution < -0.4 is 0 Å². The minimum atomic E-state index is -0.571. The van der Waals surface area contributed by atoms with Crippen molar-refractivity contribution in [3.05, 3.63) is 29.8 Å². The number of halogens is 2. The van der Waals surface area contributed by atoms with Crippen LogP contribution in [-0.2, 0) is 0 Å². The third-order valence-corrected chi connectivity index (χ3v) is 3.74. The number of rotatable bonds is 1. The minimum absolute atomic E-state index is 0.0835.